The van der Waals surface area contributed by atoms with Gasteiger partial charge in [-0.2, -0.15) is 0 Å². The van der Waals surface area contributed by atoms with Crippen LogP contribution >= 0.6 is 0 Å². The summed E-state index contributed by atoms with van der Waals surface area (Å²) in [5, 5.41) is 1.12. The van der Waals surface area contributed by atoms with E-state index in [1.165, 1.54) is 5.82 Å². The lowest BCUT2D eigenvalue weighted by atomic mass is 9.44. The van der Waals surface area contributed by atoms with Crippen LogP contribution in [0.2, 0.25) is 0 Å². The molecule has 2 saturated heterocycles. The SMILES string of the molecule is c1cc([B-]23OCC[C+]2CCO3)c2cc[nH]c2n1. The number of hydrogen-bond donors (Lipinski definition) is 1. The zero-order valence-corrected chi connectivity index (χ0v) is 9.48. The third kappa shape index (κ3) is 1.15. The van der Waals surface area contributed by atoms with Gasteiger partial charge in [-0.05, 0) is 17.3 Å². The van der Waals surface area contributed by atoms with Crippen molar-refractivity contribution >= 4 is 23.0 Å². The lowest BCUT2D eigenvalue weighted by Gasteiger charge is -2.26. The largest absolute Gasteiger partial charge is 0.519 e. The molecule has 2 aliphatic heterocycles. The number of nitrogens with zero attached hydrogens (tertiary/aromatic N) is 1. The highest BCUT2D eigenvalue weighted by atomic mass is 16.6. The number of rotatable bonds is 1. The fourth-order valence-electron chi connectivity index (χ4n) is 3.21. The van der Waals surface area contributed by atoms with Crippen molar-refractivity contribution in [3.8, 4) is 0 Å². The van der Waals surface area contributed by atoms with E-state index in [0.717, 1.165) is 42.6 Å². The summed E-state index contributed by atoms with van der Waals surface area (Å²) in [7, 11) is 0. The highest BCUT2D eigenvalue weighted by Crippen LogP contribution is 2.39. The highest BCUT2D eigenvalue weighted by molar-refractivity contribution is 6.88. The molecule has 1 N–H and O–H groups in total. The zero-order valence-electron chi connectivity index (χ0n) is 9.48. The first-order valence-corrected chi connectivity index (χ1v) is 6.10. The van der Waals surface area contributed by atoms with Gasteiger partial charge in [-0.25, -0.2) is 4.98 Å². The van der Waals surface area contributed by atoms with E-state index >= 15 is 0 Å². The number of nitrogens with one attached hydrogen (secondary N) is 1. The third-order valence-corrected chi connectivity index (χ3v) is 3.99. The van der Waals surface area contributed by atoms with Crippen molar-refractivity contribution in [3.05, 3.63) is 30.3 Å². The van der Waals surface area contributed by atoms with Crippen LogP contribution in [0.1, 0.15) is 12.8 Å². The third-order valence-electron chi connectivity index (χ3n) is 3.99. The molecule has 2 aromatic heterocycles. The van der Waals surface area contributed by atoms with Gasteiger partial charge in [0.1, 0.15) is 5.65 Å². The number of H-pyrrole nitrogens is 1. The zero-order chi connectivity index (χ0) is 11.3. The molecule has 0 saturated carbocycles. The van der Waals surface area contributed by atoms with E-state index in [1.54, 1.807) is 0 Å². The van der Waals surface area contributed by atoms with Gasteiger partial charge in [-0.1, -0.05) is 11.5 Å². The minimum absolute atomic E-state index is 0.781. The van der Waals surface area contributed by atoms with Crippen LogP contribution in [0.4, 0.5) is 0 Å². The van der Waals surface area contributed by atoms with E-state index in [1.807, 2.05) is 18.5 Å². The molecule has 2 fully saturated rings. The fraction of sp³-hybridized carbons (Fsp3) is 0.333. The summed E-state index contributed by atoms with van der Waals surface area (Å²) in [6.07, 6.45) is 5.81. The van der Waals surface area contributed by atoms with Gasteiger partial charge >= 0.3 is 6.55 Å². The average molecular weight is 228 g/mol. The normalized spacial score (nSPS) is 22.2. The maximum atomic E-state index is 5.99. The number of aromatic nitrogens is 2. The predicted octanol–water partition coefficient (Wildman–Crippen LogP) is 1.17. The number of aromatic amines is 1. The van der Waals surface area contributed by atoms with E-state index in [-0.39, 0.29) is 0 Å². The first-order chi connectivity index (χ1) is 8.40. The maximum Gasteiger partial charge on any atom is 0.480 e. The van der Waals surface area contributed by atoms with Crippen LogP contribution in [-0.4, -0.2) is 29.7 Å². The Morgan fingerprint density at radius 3 is 2.88 bits per heavy atom. The van der Waals surface area contributed by atoms with Crippen LogP contribution in [0.25, 0.3) is 11.0 Å². The van der Waals surface area contributed by atoms with Gasteiger partial charge in [0.25, 0.3) is 0 Å². The highest BCUT2D eigenvalue weighted by Gasteiger charge is 2.57. The first kappa shape index (κ1) is 9.56. The summed E-state index contributed by atoms with van der Waals surface area (Å²) in [6.45, 7) is 0.225. The molecule has 5 heteroatoms. The molecule has 0 radical (unpaired) electrons. The van der Waals surface area contributed by atoms with Crippen LogP contribution in [0, 0.1) is 5.82 Å². The topological polar surface area (TPSA) is 47.1 Å². The molecule has 0 aliphatic carbocycles. The van der Waals surface area contributed by atoms with Crippen LogP contribution in [-0.2, 0) is 9.31 Å². The molecule has 86 valence electrons. The molecule has 4 heterocycles. The molecule has 17 heavy (non-hydrogen) atoms. The molecule has 0 amide bonds. The number of fused-ring (bicyclic) bond motifs is 2. The smallest absolute Gasteiger partial charge is 0.480 e. The van der Waals surface area contributed by atoms with Gasteiger partial charge in [-0.3, -0.25) is 0 Å². The minimum atomic E-state index is -1.34. The Balaban J connectivity index is 1.96. The Labute approximate surface area is 99.3 Å². The first-order valence-electron chi connectivity index (χ1n) is 6.10. The van der Waals surface area contributed by atoms with Gasteiger partial charge in [0.2, 0.25) is 0 Å². The van der Waals surface area contributed by atoms with E-state index in [2.05, 4.69) is 16.0 Å². The second kappa shape index (κ2) is 3.27. The summed E-state index contributed by atoms with van der Waals surface area (Å²) >= 11 is 0. The quantitative estimate of drug-likeness (QED) is 0.588. The monoisotopic (exact) mass is 228 g/mol. The summed E-state index contributed by atoms with van der Waals surface area (Å²) < 4.78 is 12.0. The van der Waals surface area contributed by atoms with E-state index in [4.69, 9.17) is 9.31 Å². The minimum Gasteiger partial charge on any atom is -0.519 e. The van der Waals surface area contributed by atoms with Crippen LogP contribution in [0.5, 0.6) is 0 Å². The second-order valence-electron chi connectivity index (χ2n) is 4.75. The van der Waals surface area contributed by atoms with Gasteiger partial charge in [0.05, 0.1) is 12.8 Å². The molecule has 0 spiro atoms. The van der Waals surface area contributed by atoms with Crippen molar-refractivity contribution in [2.45, 2.75) is 12.8 Å². The van der Waals surface area contributed by atoms with Gasteiger partial charge in [0.15, 0.2) is 0 Å². The summed E-state index contributed by atoms with van der Waals surface area (Å²) in [5.41, 5.74) is 2.06. The maximum absolute atomic E-state index is 5.99. The lowest BCUT2D eigenvalue weighted by molar-refractivity contribution is 0.225. The van der Waals surface area contributed by atoms with E-state index in [0.29, 0.717) is 0 Å². The number of pyridine rings is 1. The van der Waals surface area contributed by atoms with Gasteiger partial charge in [0, 0.05) is 25.6 Å². The van der Waals surface area contributed by atoms with Crippen LogP contribution in [0.15, 0.2) is 24.5 Å². The molecule has 4 rings (SSSR count). The molecule has 4 nitrogen and oxygen atoms in total. The Morgan fingerprint density at radius 2 is 2.06 bits per heavy atom. The average Bonchev–Trinajstić information content (AvgIpc) is 3.02. The van der Waals surface area contributed by atoms with Crippen LogP contribution < -0.4 is 5.46 Å². The Morgan fingerprint density at radius 1 is 1.24 bits per heavy atom. The van der Waals surface area contributed by atoms with E-state index in [9.17, 15) is 0 Å². The van der Waals surface area contributed by atoms with Crippen molar-refractivity contribution in [2.75, 3.05) is 13.2 Å². The van der Waals surface area contributed by atoms with Crippen molar-refractivity contribution < 1.29 is 9.31 Å². The lowest BCUT2D eigenvalue weighted by Crippen LogP contribution is -2.52. The molecule has 0 bridgehead atoms. The molecular weight excluding hydrogens is 215 g/mol. The van der Waals surface area contributed by atoms with Gasteiger partial charge in [-0.15, -0.1) is 0 Å². The van der Waals surface area contributed by atoms with Crippen molar-refractivity contribution in [2.24, 2.45) is 0 Å². The molecule has 0 aromatic carbocycles. The summed E-state index contributed by atoms with van der Waals surface area (Å²) in [6, 6.07) is 4.09. The fourth-order valence-corrected chi connectivity index (χ4v) is 3.21. The van der Waals surface area contributed by atoms with Crippen molar-refractivity contribution in [3.63, 3.8) is 0 Å². The number of hydrogen-bond acceptors (Lipinski definition) is 3. The molecule has 0 unspecified atom stereocenters. The Kier molecular flexibility index (Phi) is 1.84. The van der Waals surface area contributed by atoms with Crippen LogP contribution in [0.3, 0.4) is 0 Å². The van der Waals surface area contributed by atoms with Crippen molar-refractivity contribution in [1.82, 2.24) is 9.97 Å². The predicted molar refractivity (Wildman–Crippen MR) is 65.9 cm³/mol. The molecule has 0 atom stereocenters. The Hall–Kier alpha value is -1.46. The molecular formula is C12H13BN2O2. The standard InChI is InChI=1S/C12H13BN2O2/c1-5-14-12-10(1)11(2-6-15-12)13-9(3-7-16-13)4-8-17-13/h1-2,5-6H,3-4,7-8H2,(H,14,15). The second-order valence-corrected chi connectivity index (χ2v) is 4.75. The van der Waals surface area contributed by atoms with Crippen molar-refractivity contribution in [1.29, 1.82) is 0 Å². The summed E-state index contributed by atoms with van der Waals surface area (Å²) in [5.74, 6) is 1.43. The Bertz CT molecular complexity index is 558. The molecule has 2 aromatic rings. The molecule has 2 aliphatic rings. The summed E-state index contributed by atoms with van der Waals surface area (Å²) in [4.78, 5) is 7.46. The van der Waals surface area contributed by atoms with Gasteiger partial charge < -0.3 is 14.3 Å². The van der Waals surface area contributed by atoms with E-state index < -0.39 is 6.55 Å².